The van der Waals surface area contributed by atoms with Crippen molar-refractivity contribution >= 4 is 47.4 Å². The summed E-state index contributed by atoms with van der Waals surface area (Å²) >= 11 is 18.4. The minimum absolute atomic E-state index is 0.291. The molecule has 0 radical (unpaired) electrons. The van der Waals surface area contributed by atoms with Gasteiger partial charge in [-0.25, -0.2) is 0 Å². The van der Waals surface area contributed by atoms with E-state index in [1.54, 1.807) is 0 Å². The number of hydrogen-bond acceptors (Lipinski definition) is 2. The molecule has 1 aliphatic heterocycles. The fourth-order valence-corrected chi connectivity index (χ4v) is 4.62. The lowest BCUT2D eigenvalue weighted by Gasteiger charge is -2.27. The van der Waals surface area contributed by atoms with Crippen molar-refractivity contribution in [1.29, 1.82) is 0 Å². The molecule has 0 spiro atoms. The number of rotatable bonds is 11. The molecule has 31 heavy (non-hydrogen) atoms. The van der Waals surface area contributed by atoms with Crippen molar-refractivity contribution in [2.75, 3.05) is 13.2 Å². The highest BCUT2D eigenvalue weighted by molar-refractivity contribution is 6.61. The number of benzene rings is 2. The summed E-state index contributed by atoms with van der Waals surface area (Å²) in [7, 11) is -0.291. The van der Waals surface area contributed by atoms with Crippen molar-refractivity contribution in [1.82, 2.24) is 0 Å². The summed E-state index contributed by atoms with van der Waals surface area (Å²) in [6.45, 7) is 3.80. The quantitative estimate of drug-likeness (QED) is 0.183. The molecule has 0 N–H and O–H groups in total. The van der Waals surface area contributed by atoms with E-state index < -0.39 is 0 Å². The normalized spacial score (nSPS) is 14.9. The Morgan fingerprint density at radius 3 is 1.90 bits per heavy atom. The third kappa shape index (κ3) is 7.68. The second-order valence-electron chi connectivity index (χ2n) is 8.50. The van der Waals surface area contributed by atoms with Crippen LogP contribution in [0.1, 0.15) is 64.7 Å². The molecule has 0 aliphatic carbocycles. The third-order valence-corrected chi connectivity index (χ3v) is 7.13. The van der Waals surface area contributed by atoms with Gasteiger partial charge in [0.2, 0.25) is 0 Å². The molecule has 3 rings (SSSR count). The highest BCUT2D eigenvalue weighted by Crippen LogP contribution is 2.34. The minimum atomic E-state index is -0.291. The second-order valence-corrected chi connectivity index (χ2v) is 9.70. The Kier molecular flexibility index (Phi) is 10.5. The zero-order valence-electron chi connectivity index (χ0n) is 18.3. The SMILES string of the molecule is CCCCCCCCCCC1COB(c2ccc(-c3cc(Cl)c(Cl)c(Cl)c3)cc2)OC1. The molecule has 2 nitrogen and oxygen atoms in total. The number of unbranched alkanes of at least 4 members (excludes halogenated alkanes) is 7. The van der Waals surface area contributed by atoms with Crippen LogP contribution in [-0.2, 0) is 9.31 Å². The van der Waals surface area contributed by atoms with Gasteiger partial charge in [-0.05, 0) is 35.1 Å². The Morgan fingerprint density at radius 1 is 0.774 bits per heavy atom. The molecule has 0 bridgehead atoms. The Balaban J connectivity index is 1.40. The Bertz CT molecular complexity index is 782. The molecule has 0 unspecified atom stereocenters. The minimum Gasteiger partial charge on any atom is -0.407 e. The van der Waals surface area contributed by atoms with Gasteiger partial charge in [0.15, 0.2) is 0 Å². The first-order valence-electron chi connectivity index (χ1n) is 11.6. The van der Waals surface area contributed by atoms with Gasteiger partial charge in [0.1, 0.15) is 0 Å². The van der Waals surface area contributed by atoms with Gasteiger partial charge < -0.3 is 9.31 Å². The van der Waals surface area contributed by atoms with Crippen LogP contribution in [0.3, 0.4) is 0 Å². The van der Waals surface area contributed by atoms with E-state index in [1.807, 2.05) is 36.4 Å². The monoisotopic (exact) mass is 480 g/mol. The molecule has 1 heterocycles. The molecule has 1 aliphatic rings. The number of hydrogen-bond donors (Lipinski definition) is 0. The van der Waals surface area contributed by atoms with Crippen molar-refractivity contribution < 1.29 is 9.31 Å². The maximum Gasteiger partial charge on any atom is 0.493 e. The van der Waals surface area contributed by atoms with Gasteiger partial charge in [0, 0.05) is 19.1 Å². The lowest BCUT2D eigenvalue weighted by molar-refractivity contribution is 0.0810. The van der Waals surface area contributed by atoms with Crippen molar-refractivity contribution in [2.24, 2.45) is 5.92 Å². The summed E-state index contributed by atoms with van der Waals surface area (Å²) in [4.78, 5) is 0. The predicted octanol–water partition coefficient (Wildman–Crippen LogP) is 8.20. The van der Waals surface area contributed by atoms with Crippen LogP contribution in [0.2, 0.25) is 15.1 Å². The zero-order valence-corrected chi connectivity index (χ0v) is 20.6. The van der Waals surface area contributed by atoms with Crippen molar-refractivity contribution in [3.05, 3.63) is 51.5 Å². The zero-order chi connectivity index (χ0) is 22.1. The van der Waals surface area contributed by atoms with Gasteiger partial charge in [-0.1, -0.05) is 117 Å². The topological polar surface area (TPSA) is 18.5 Å². The molecule has 0 amide bonds. The van der Waals surface area contributed by atoms with E-state index in [2.05, 4.69) is 6.92 Å². The molecule has 0 saturated carbocycles. The van der Waals surface area contributed by atoms with Crippen LogP contribution in [0.15, 0.2) is 36.4 Å². The molecule has 6 heteroatoms. The van der Waals surface area contributed by atoms with Crippen molar-refractivity contribution in [2.45, 2.75) is 64.7 Å². The molecule has 0 atom stereocenters. The summed E-state index contributed by atoms with van der Waals surface area (Å²) in [6.07, 6.45) is 12.0. The third-order valence-electron chi connectivity index (χ3n) is 5.93. The number of halogens is 3. The second kappa shape index (κ2) is 13.1. The van der Waals surface area contributed by atoms with E-state index in [4.69, 9.17) is 44.1 Å². The van der Waals surface area contributed by atoms with Crippen LogP contribution in [0.25, 0.3) is 11.1 Å². The highest BCUT2D eigenvalue weighted by atomic mass is 35.5. The van der Waals surface area contributed by atoms with E-state index in [1.165, 1.54) is 57.8 Å². The lowest BCUT2D eigenvalue weighted by atomic mass is 9.76. The van der Waals surface area contributed by atoms with Crippen LogP contribution in [0, 0.1) is 5.92 Å². The van der Waals surface area contributed by atoms with Gasteiger partial charge >= 0.3 is 7.12 Å². The van der Waals surface area contributed by atoms with Gasteiger partial charge in [-0.15, -0.1) is 0 Å². The standard InChI is InChI=1S/C25H32BCl3O2/c1-2-3-4-5-6-7-8-9-10-19-17-30-26(31-18-19)22-13-11-20(12-14-22)21-15-23(27)25(29)24(28)16-21/h11-16,19H,2-10,17-18H2,1H3. The Labute approximate surface area is 202 Å². The Hall–Kier alpha value is -0.705. The fourth-order valence-electron chi connectivity index (χ4n) is 4.02. The summed E-state index contributed by atoms with van der Waals surface area (Å²) < 4.78 is 12.0. The first kappa shape index (κ1) is 24.9. The fraction of sp³-hybridized carbons (Fsp3) is 0.520. The summed E-state index contributed by atoms with van der Waals surface area (Å²) in [5.41, 5.74) is 2.98. The van der Waals surface area contributed by atoms with E-state index in [-0.39, 0.29) is 7.12 Å². The maximum atomic E-state index is 6.16. The average molecular weight is 482 g/mol. The average Bonchev–Trinajstić information content (AvgIpc) is 2.79. The first-order chi connectivity index (χ1) is 15.1. The van der Waals surface area contributed by atoms with E-state index in [0.717, 1.165) is 29.8 Å². The first-order valence-corrected chi connectivity index (χ1v) is 12.7. The molecular weight excluding hydrogens is 449 g/mol. The molecule has 0 aromatic heterocycles. The van der Waals surface area contributed by atoms with E-state index in [9.17, 15) is 0 Å². The van der Waals surface area contributed by atoms with Gasteiger partial charge in [0.05, 0.1) is 15.1 Å². The molecule has 2 aromatic rings. The van der Waals surface area contributed by atoms with Gasteiger partial charge in [0.25, 0.3) is 0 Å². The van der Waals surface area contributed by atoms with E-state index in [0.29, 0.717) is 21.0 Å². The largest absolute Gasteiger partial charge is 0.493 e. The van der Waals surface area contributed by atoms with Crippen molar-refractivity contribution in [3.63, 3.8) is 0 Å². The maximum absolute atomic E-state index is 6.16. The molecule has 1 saturated heterocycles. The van der Waals surface area contributed by atoms with Crippen LogP contribution in [0.5, 0.6) is 0 Å². The summed E-state index contributed by atoms with van der Waals surface area (Å²) in [5, 5.41) is 1.29. The highest BCUT2D eigenvalue weighted by Gasteiger charge is 2.28. The summed E-state index contributed by atoms with van der Waals surface area (Å²) in [6, 6.07) is 11.8. The molecule has 2 aromatic carbocycles. The van der Waals surface area contributed by atoms with E-state index >= 15 is 0 Å². The van der Waals surface area contributed by atoms with Crippen LogP contribution >= 0.6 is 34.8 Å². The lowest BCUT2D eigenvalue weighted by Crippen LogP contribution is -2.44. The molecule has 1 fully saturated rings. The molecular formula is C25H32BCl3O2. The van der Waals surface area contributed by atoms with Crippen LogP contribution in [0.4, 0.5) is 0 Å². The van der Waals surface area contributed by atoms with Crippen LogP contribution in [-0.4, -0.2) is 20.3 Å². The summed E-state index contributed by atoms with van der Waals surface area (Å²) in [5.74, 6) is 0.508. The van der Waals surface area contributed by atoms with Crippen LogP contribution < -0.4 is 5.46 Å². The van der Waals surface area contributed by atoms with Gasteiger partial charge in [-0.2, -0.15) is 0 Å². The molecule has 168 valence electrons. The van der Waals surface area contributed by atoms with Gasteiger partial charge in [-0.3, -0.25) is 0 Å². The van der Waals surface area contributed by atoms with Crippen molar-refractivity contribution in [3.8, 4) is 11.1 Å². The smallest absolute Gasteiger partial charge is 0.407 e. The predicted molar refractivity (Wildman–Crippen MR) is 135 cm³/mol. The Morgan fingerprint density at radius 2 is 1.32 bits per heavy atom.